The van der Waals surface area contributed by atoms with Crippen LogP contribution in [0.2, 0.25) is 0 Å². The van der Waals surface area contributed by atoms with Crippen LogP contribution in [0.15, 0.2) is 18.3 Å². The van der Waals surface area contributed by atoms with Gasteiger partial charge in [-0.1, -0.05) is 15.9 Å². The Balaban J connectivity index is 2.05. The van der Waals surface area contributed by atoms with Gasteiger partial charge in [-0.3, -0.25) is 4.98 Å². The quantitative estimate of drug-likeness (QED) is 0.519. The average Bonchev–Trinajstić information content (AvgIpc) is 2.38. The van der Waals surface area contributed by atoms with Gasteiger partial charge in [0.25, 0.3) is 0 Å². The molecule has 0 atom stereocenters. The number of aromatic nitrogens is 1. The van der Waals surface area contributed by atoms with Gasteiger partial charge in [0, 0.05) is 25.5 Å². The molecule has 0 bridgehead atoms. The van der Waals surface area contributed by atoms with Gasteiger partial charge in [-0.25, -0.2) is 0 Å². The number of ether oxygens (including phenoxy) is 3. The number of rotatable bonds is 9. The molecule has 0 aliphatic carbocycles. The van der Waals surface area contributed by atoms with Crippen molar-refractivity contribution in [2.75, 3.05) is 33.5 Å². The fourth-order valence-electron chi connectivity index (χ4n) is 1.17. The van der Waals surface area contributed by atoms with E-state index in [2.05, 4.69) is 20.9 Å². The van der Waals surface area contributed by atoms with E-state index in [0.717, 1.165) is 23.2 Å². The van der Waals surface area contributed by atoms with Crippen molar-refractivity contribution in [1.29, 1.82) is 0 Å². The van der Waals surface area contributed by atoms with E-state index in [4.69, 9.17) is 14.2 Å². The topological polar surface area (TPSA) is 40.6 Å². The van der Waals surface area contributed by atoms with E-state index >= 15 is 0 Å². The van der Waals surface area contributed by atoms with Crippen LogP contribution in [0.4, 0.5) is 0 Å². The second-order valence-electron chi connectivity index (χ2n) is 3.43. The Morgan fingerprint density at radius 1 is 1.18 bits per heavy atom. The molecule has 0 spiro atoms. The standard InChI is InChI=1S/C12H18BrNO3/c1-15-7-8-16-5-2-6-17-12-4-3-11(9-13)14-10-12/h3-4,10H,2,5-9H2,1H3. The molecule has 0 N–H and O–H groups in total. The first-order valence-corrected chi connectivity index (χ1v) is 6.69. The highest BCUT2D eigenvalue weighted by Crippen LogP contribution is 2.10. The average molecular weight is 304 g/mol. The maximum Gasteiger partial charge on any atom is 0.137 e. The van der Waals surface area contributed by atoms with Crippen LogP contribution >= 0.6 is 15.9 Å². The fourth-order valence-corrected chi connectivity index (χ4v) is 1.50. The van der Waals surface area contributed by atoms with Crippen molar-refractivity contribution < 1.29 is 14.2 Å². The minimum absolute atomic E-state index is 0.637. The molecular weight excluding hydrogens is 286 g/mol. The van der Waals surface area contributed by atoms with Crippen LogP contribution in [0, 0.1) is 0 Å². The molecule has 0 aliphatic heterocycles. The van der Waals surface area contributed by atoms with Gasteiger partial charge in [-0.05, 0) is 12.1 Å². The molecule has 0 fully saturated rings. The lowest BCUT2D eigenvalue weighted by Crippen LogP contribution is -2.06. The maximum atomic E-state index is 5.52. The minimum Gasteiger partial charge on any atom is -0.492 e. The van der Waals surface area contributed by atoms with Crippen LogP contribution in [0.1, 0.15) is 12.1 Å². The number of nitrogens with zero attached hydrogens (tertiary/aromatic N) is 1. The summed E-state index contributed by atoms with van der Waals surface area (Å²) in [6, 6.07) is 3.87. The molecule has 1 heterocycles. The number of halogens is 1. The lowest BCUT2D eigenvalue weighted by atomic mass is 10.4. The molecule has 1 aromatic rings. The van der Waals surface area contributed by atoms with Crippen molar-refractivity contribution in [1.82, 2.24) is 4.98 Å². The van der Waals surface area contributed by atoms with Crippen LogP contribution in [0.3, 0.4) is 0 Å². The van der Waals surface area contributed by atoms with Gasteiger partial charge in [0.05, 0.1) is 31.7 Å². The van der Waals surface area contributed by atoms with Gasteiger partial charge in [-0.2, -0.15) is 0 Å². The largest absolute Gasteiger partial charge is 0.492 e. The van der Waals surface area contributed by atoms with E-state index in [-0.39, 0.29) is 0 Å². The third kappa shape index (κ3) is 6.61. The normalized spacial score (nSPS) is 10.5. The Labute approximate surface area is 110 Å². The van der Waals surface area contributed by atoms with Crippen LogP contribution in [0.25, 0.3) is 0 Å². The Kier molecular flexibility index (Phi) is 7.96. The monoisotopic (exact) mass is 303 g/mol. The van der Waals surface area contributed by atoms with Crippen molar-refractivity contribution in [2.45, 2.75) is 11.8 Å². The summed E-state index contributed by atoms with van der Waals surface area (Å²) in [5.41, 5.74) is 1.00. The SMILES string of the molecule is COCCOCCCOc1ccc(CBr)nc1. The summed E-state index contributed by atoms with van der Waals surface area (Å²) in [5, 5.41) is 0.765. The summed E-state index contributed by atoms with van der Waals surface area (Å²) in [6.07, 6.45) is 2.60. The van der Waals surface area contributed by atoms with E-state index in [9.17, 15) is 0 Å². The Morgan fingerprint density at radius 2 is 2.06 bits per heavy atom. The number of pyridine rings is 1. The predicted octanol–water partition coefficient (Wildman–Crippen LogP) is 2.41. The Morgan fingerprint density at radius 3 is 2.71 bits per heavy atom. The highest BCUT2D eigenvalue weighted by atomic mass is 79.9. The van der Waals surface area contributed by atoms with Crippen molar-refractivity contribution in [2.24, 2.45) is 0 Å². The molecule has 0 aromatic carbocycles. The predicted molar refractivity (Wildman–Crippen MR) is 69.7 cm³/mol. The summed E-state index contributed by atoms with van der Waals surface area (Å²) in [7, 11) is 1.66. The van der Waals surface area contributed by atoms with Crippen molar-refractivity contribution in [3.63, 3.8) is 0 Å². The third-order valence-electron chi connectivity index (χ3n) is 2.07. The second-order valence-corrected chi connectivity index (χ2v) is 3.99. The van der Waals surface area contributed by atoms with Gasteiger partial charge >= 0.3 is 0 Å². The van der Waals surface area contributed by atoms with Crippen molar-refractivity contribution in [3.05, 3.63) is 24.0 Å². The summed E-state index contributed by atoms with van der Waals surface area (Å²) >= 11 is 3.35. The van der Waals surface area contributed by atoms with Gasteiger partial charge < -0.3 is 14.2 Å². The lowest BCUT2D eigenvalue weighted by Gasteiger charge is -2.06. The summed E-state index contributed by atoms with van der Waals surface area (Å²) in [6.45, 7) is 2.61. The van der Waals surface area contributed by atoms with E-state index in [1.165, 1.54) is 0 Å². The van der Waals surface area contributed by atoms with E-state index in [0.29, 0.717) is 26.4 Å². The first kappa shape index (κ1) is 14.4. The fraction of sp³-hybridized carbons (Fsp3) is 0.583. The van der Waals surface area contributed by atoms with Crippen LogP contribution in [0.5, 0.6) is 5.75 Å². The molecule has 0 unspecified atom stereocenters. The molecule has 17 heavy (non-hydrogen) atoms. The molecule has 0 saturated heterocycles. The van der Waals surface area contributed by atoms with E-state index < -0.39 is 0 Å². The first-order valence-electron chi connectivity index (χ1n) is 5.57. The molecule has 1 aromatic heterocycles. The zero-order valence-corrected chi connectivity index (χ0v) is 11.6. The van der Waals surface area contributed by atoms with Gasteiger partial charge in [-0.15, -0.1) is 0 Å². The highest BCUT2D eigenvalue weighted by Gasteiger charge is 1.96. The first-order chi connectivity index (χ1) is 8.36. The minimum atomic E-state index is 0.637. The van der Waals surface area contributed by atoms with Gasteiger partial charge in [0.1, 0.15) is 5.75 Å². The number of hydrogen-bond acceptors (Lipinski definition) is 4. The molecule has 0 aliphatic rings. The third-order valence-corrected chi connectivity index (χ3v) is 2.64. The molecule has 96 valence electrons. The molecule has 5 heteroatoms. The molecular formula is C12H18BrNO3. The van der Waals surface area contributed by atoms with Crippen molar-refractivity contribution in [3.8, 4) is 5.75 Å². The highest BCUT2D eigenvalue weighted by molar-refractivity contribution is 9.08. The Hall–Kier alpha value is -0.650. The van der Waals surface area contributed by atoms with Crippen LogP contribution in [-0.2, 0) is 14.8 Å². The van der Waals surface area contributed by atoms with Crippen molar-refractivity contribution >= 4 is 15.9 Å². The molecule has 0 saturated carbocycles. The zero-order chi connectivity index (χ0) is 12.3. The lowest BCUT2D eigenvalue weighted by molar-refractivity contribution is 0.0644. The summed E-state index contributed by atoms with van der Waals surface area (Å²) in [4.78, 5) is 4.22. The number of alkyl halides is 1. The molecule has 0 amide bonds. The zero-order valence-electron chi connectivity index (χ0n) is 10.0. The van der Waals surface area contributed by atoms with E-state index in [1.807, 2.05) is 12.1 Å². The number of hydrogen-bond donors (Lipinski definition) is 0. The van der Waals surface area contributed by atoms with Gasteiger partial charge in [0.15, 0.2) is 0 Å². The van der Waals surface area contributed by atoms with Gasteiger partial charge in [0.2, 0.25) is 0 Å². The second kappa shape index (κ2) is 9.39. The smallest absolute Gasteiger partial charge is 0.137 e. The van der Waals surface area contributed by atoms with Crippen LogP contribution in [-0.4, -0.2) is 38.5 Å². The van der Waals surface area contributed by atoms with Crippen LogP contribution < -0.4 is 4.74 Å². The van der Waals surface area contributed by atoms with E-state index in [1.54, 1.807) is 13.3 Å². The maximum absolute atomic E-state index is 5.52. The Bertz CT molecular complexity index is 292. The molecule has 1 rings (SSSR count). The number of methoxy groups -OCH3 is 1. The molecule has 0 radical (unpaired) electrons. The molecule has 4 nitrogen and oxygen atoms in total. The summed E-state index contributed by atoms with van der Waals surface area (Å²) in [5.74, 6) is 0.798. The summed E-state index contributed by atoms with van der Waals surface area (Å²) < 4.78 is 15.7.